The Morgan fingerprint density at radius 3 is 2.73 bits per heavy atom. The van der Waals surface area contributed by atoms with Gasteiger partial charge in [-0.1, -0.05) is 49.8 Å². The zero-order chi connectivity index (χ0) is 15.5. The Bertz CT molecular complexity index is 858. The molecule has 0 radical (unpaired) electrons. The molecule has 3 nitrogen and oxygen atoms in total. The van der Waals surface area contributed by atoms with Gasteiger partial charge in [-0.2, -0.15) is 0 Å². The van der Waals surface area contributed by atoms with Crippen molar-refractivity contribution < 1.29 is 9.53 Å². The summed E-state index contributed by atoms with van der Waals surface area (Å²) in [7, 11) is 0. The van der Waals surface area contributed by atoms with Crippen molar-refractivity contribution in [3.63, 3.8) is 0 Å². The van der Waals surface area contributed by atoms with E-state index in [4.69, 9.17) is 4.74 Å². The number of nitrogens with one attached hydrogen (secondary N) is 1. The number of carbonyl (C=O) groups excluding carboxylic acids is 1. The highest BCUT2D eigenvalue weighted by atomic mass is 16.5. The Balaban J connectivity index is 1.99. The maximum atomic E-state index is 12.2. The first-order chi connectivity index (χ1) is 10.7. The number of carbonyl (C=O) groups is 1. The fraction of sp³-hybridized carbons (Fsp3) is 0.211. The zero-order valence-corrected chi connectivity index (χ0v) is 12.8. The van der Waals surface area contributed by atoms with Crippen LogP contribution in [-0.4, -0.2) is 11.0 Å². The topological polar surface area (TPSA) is 42.1 Å². The van der Waals surface area contributed by atoms with Crippen molar-refractivity contribution in [2.24, 2.45) is 0 Å². The van der Waals surface area contributed by atoms with E-state index in [0.717, 1.165) is 34.6 Å². The third-order valence-corrected chi connectivity index (χ3v) is 3.77. The minimum atomic E-state index is -0.292. The van der Waals surface area contributed by atoms with Crippen LogP contribution in [0.2, 0.25) is 0 Å². The lowest BCUT2D eigenvalue weighted by molar-refractivity contribution is -0.130. The zero-order valence-electron chi connectivity index (χ0n) is 12.8. The van der Waals surface area contributed by atoms with Crippen LogP contribution in [-0.2, 0) is 4.79 Å². The number of hydrogen-bond acceptors (Lipinski definition) is 2. The highest BCUT2D eigenvalue weighted by molar-refractivity contribution is 6.09. The lowest BCUT2D eigenvalue weighted by Gasteiger charge is -2.05. The summed E-state index contributed by atoms with van der Waals surface area (Å²) in [6.45, 7) is 3.88. The van der Waals surface area contributed by atoms with Crippen LogP contribution in [0.5, 0.6) is 5.75 Å². The summed E-state index contributed by atoms with van der Waals surface area (Å²) in [4.78, 5) is 15.5. The van der Waals surface area contributed by atoms with Crippen LogP contribution in [0.3, 0.4) is 0 Å². The third kappa shape index (κ3) is 2.62. The van der Waals surface area contributed by atoms with Gasteiger partial charge in [0.2, 0.25) is 0 Å². The van der Waals surface area contributed by atoms with Crippen molar-refractivity contribution in [1.29, 1.82) is 0 Å². The van der Waals surface area contributed by atoms with Gasteiger partial charge in [0.15, 0.2) is 5.75 Å². The van der Waals surface area contributed by atoms with E-state index in [0.29, 0.717) is 11.3 Å². The van der Waals surface area contributed by atoms with E-state index in [-0.39, 0.29) is 5.97 Å². The summed E-state index contributed by atoms with van der Waals surface area (Å²) >= 11 is 0. The smallest absolute Gasteiger partial charge is 0.338 e. The van der Waals surface area contributed by atoms with Crippen molar-refractivity contribution in [3.8, 4) is 5.75 Å². The number of aromatic amines is 1. The van der Waals surface area contributed by atoms with Gasteiger partial charge in [-0.3, -0.25) is 0 Å². The molecule has 0 amide bonds. The molecule has 0 saturated carbocycles. The lowest BCUT2D eigenvalue weighted by atomic mass is 10.1. The van der Waals surface area contributed by atoms with Gasteiger partial charge >= 0.3 is 5.97 Å². The Morgan fingerprint density at radius 2 is 1.91 bits per heavy atom. The number of hydrogen-bond donors (Lipinski definition) is 1. The molecule has 0 aliphatic carbocycles. The predicted octanol–water partition coefficient (Wildman–Crippen LogP) is 4.97. The van der Waals surface area contributed by atoms with E-state index in [1.807, 2.05) is 42.5 Å². The molecule has 1 heterocycles. The second-order valence-electron chi connectivity index (χ2n) is 5.41. The summed E-state index contributed by atoms with van der Waals surface area (Å²) in [5.41, 5.74) is 2.55. The fourth-order valence-electron chi connectivity index (χ4n) is 2.56. The van der Waals surface area contributed by atoms with Crippen LogP contribution in [0.25, 0.3) is 21.8 Å². The number of ether oxygens (including phenoxy) is 1. The van der Waals surface area contributed by atoms with Gasteiger partial charge in [-0.25, -0.2) is 4.79 Å². The lowest BCUT2D eigenvalue weighted by Crippen LogP contribution is -2.09. The van der Waals surface area contributed by atoms with Crippen molar-refractivity contribution in [1.82, 2.24) is 4.98 Å². The summed E-state index contributed by atoms with van der Waals surface area (Å²) in [5, 5.41) is 2.20. The number of fused-ring (bicyclic) bond motifs is 3. The Labute approximate surface area is 129 Å². The molecule has 0 spiro atoms. The molecule has 0 unspecified atom stereocenters. The van der Waals surface area contributed by atoms with Crippen molar-refractivity contribution in [3.05, 3.63) is 54.1 Å². The standard InChI is InChI=1S/C19H19NO2/c1-3-4-8-13(2)19(21)22-17-12-7-10-15-14-9-5-6-11-16(14)20-18(15)17/h5-12,20H,3-4H2,1-2H3. The number of esters is 1. The van der Waals surface area contributed by atoms with Crippen LogP contribution in [0, 0.1) is 0 Å². The van der Waals surface area contributed by atoms with E-state index in [2.05, 4.69) is 18.0 Å². The number of unbranched alkanes of at least 4 members (excludes halogenated alkanes) is 1. The first-order valence-corrected chi connectivity index (χ1v) is 7.59. The molecule has 1 aromatic heterocycles. The van der Waals surface area contributed by atoms with Gasteiger partial charge in [0.25, 0.3) is 0 Å². The highest BCUT2D eigenvalue weighted by Crippen LogP contribution is 2.31. The number of para-hydroxylation sites is 2. The Kier molecular flexibility index (Phi) is 3.96. The van der Waals surface area contributed by atoms with Gasteiger partial charge in [-0.15, -0.1) is 0 Å². The molecule has 1 N–H and O–H groups in total. The molecule has 0 fully saturated rings. The quantitative estimate of drug-likeness (QED) is 0.419. The maximum absolute atomic E-state index is 12.2. The average molecular weight is 293 g/mol. The van der Waals surface area contributed by atoms with Crippen molar-refractivity contribution in [2.45, 2.75) is 26.7 Å². The van der Waals surface area contributed by atoms with Gasteiger partial charge in [0.1, 0.15) is 0 Å². The molecule has 2 aromatic carbocycles. The molecule has 0 aliphatic rings. The van der Waals surface area contributed by atoms with E-state index >= 15 is 0 Å². The number of allylic oxidation sites excluding steroid dienone is 1. The molecular formula is C19H19NO2. The molecule has 0 bridgehead atoms. The fourth-order valence-corrected chi connectivity index (χ4v) is 2.56. The molecular weight excluding hydrogens is 274 g/mol. The number of rotatable bonds is 4. The molecule has 22 heavy (non-hydrogen) atoms. The van der Waals surface area contributed by atoms with Crippen LogP contribution in [0.1, 0.15) is 26.7 Å². The summed E-state index contributed by atoms with van der Waals surface area (Å²) < 4.78 is 5.58. The second kappa shape index (κ2) is 6.06. The first kappa shape index (κ1) is 14.4. The Morgan fingerprint density at radius 1 is 1.14 bits per heavy atom. The maximum Gasteiger partial charge on any atom is 0.338 e. The normalized spacial score (nSPS) is 12.0. The summed E-state index contributed by atoms with van der Waals surface area (Å²) in [5.74, 6) is 0.280. The molecule has 0 atom stereocenters. The van der Waals surface area contributed by atoms with Gasteiger partial charge < -0.3 is 9.72 Å². The van der Waals surface area contributed by atoms with E-state index in [9.17, 15) is 4.79 Å². The van der Waals surface area contributed by atoms with Crippen LogP contribution < -0.4 is 4.74 Å². The molecule has 0 aliphatic heterocycles. The monoisotopic (exact) mass is 293 g/mol. The number of benzene rings is 2. The SMILES string of the molecule is CCCC=C(C)C(=O)Oc1cccc2c1[nH]c1ccccc12. The molecule has 3 heteroatoms. The minimum Gasteiger partial charge on any atom is -0.421 e. The largest absolute Gasteiger partial charge is 0.421 e. The van der Waals surface area contributed by atoms with Crippen molar-refractivity contribution >= 4 is 27.8 Å². The minimum absolute atomic E-state index is 0.292. The van der Waals surface area contributed by atoms with Crippen LogP contribution in [0.15, 0.2) is 54.1 Å². The van der Waals surface area contributed by atoms with Crippen LogP contribution in [0.4, 0.5) is 0 Å². The molecule has 3 aromatic rings. The Hall–Kier alpha value is -2.55. The average Bonchev–Trinajstić information content (AvgIpc) is 2.92. The van der Waals surface area contributed by atoms with Crippen molar-refractivity contribution in [2.75, 3.05) is 0 Å². The number of H-pyrrole nitrogens is 1. The predicted molar refractivity (Wildman–Crippen MR) is 90.1 cm³/mol. The number of aromatic nitrogens is 1. The van der Waals surface area contributed by atoms with Gasteiger partial charge in [-0.05, 0) is 25.5 Å². The van der Waals surface area contributed by atoms with E-state index < -0.39 is 0 Å². The van der Waals surface area contributed by atoms with Gasteiger partial charge in [0, 0.05) is 21.9 Å². The summed E-state index contributed by atoms with van der Waals surface area (Å²) in [6, 6.07) is 13.8. The third-order valence-electron chi connectivity index (χ3n) is 3.77. The first-order valence-electron chi connectivity index (χ1n) is 7.59. The van der Waals surface area contributed by atoms with E-state index in [1.165, 1.54) is 0 Å². The molecule has 0 saturated heterocycles. The highest BCUT2D eigenvalue weighted by Gasteiger charge is 2.12. The van der Waals surface area contributed by atoms with Gasteiger partial charge in [0.05, 0.1) is 5.52 Å². The summed E-state index contributed by atoms with van der Waals surface area (Å²) in [6.07, 6.45) is 3.83. The molecule has 112 valence electrons. The van der Waals surface area contributed by atoms with Crippen LogP contribution >= 0.6 is 0 Å². The van der Waals surface area contributed by atoms with E-state index in [1.54, 1.807) is 6.92 Å². The molecule has 3 rings (SSSR count). The second-order valence-corrected chi connectivity index (χ2v) is 5.41.